The number of carbonyl (C=O) groups is 2. The number of alkyl carbamates (subject to hydrolysis) is 1. The van der Waals surface area contributed by atoms with Gasteiger partial charge in [0.1, 0.15) is 11.2 Å². The van der Waals surface area contributed by atoms with Gasteiger partial charge in [0, 0.05) is 6.20 Å². The number of para-hydroxylation sites is 2. The van der Waals surface area contributed by atoms with Crippen LogP contribution in [0.4, 0.5) is 4.79 Å². The van der Waals surface area contributed by atoms with Crippen LogP contribution in [-0.4, -0.2) is 37.6 Å². The van der Waals surface area contributed by atoms with Gasteiger partial charge in [-0.1, -0.05) is 12.1 Å². The molecular formula is C21H26N4O5. The van der Waals surface area contributed by atoms with Gasteiger partial charge in [-0.3, -0.25) is 4.79 Å². The number of hydrogen-bond donors (Lipinski definition) is 2. The summed E-state index contributed by atoms with van der Waals surface area (Å²) in [6, 6.07) is 5.81. The average molecular weight is 414 g/mol. The number of rotatable bonds is 3. The van der Waals surface area contributed by atoms with Gasteiger partial charge >= 0.3 is 12.1 Å². The molecule has 0 aliphatic carbocycles. The summed E-state index contributed by atoms with van der Waals surface area (Å²) in [7, 11) is 0. The van der Waals surface area contributed by atoms with E-state index in [0.717, 1.165) is 0 Å². The van der Waals surface area contributed by atoms with E-state index in [9.17, 15) is 14.4 Å². The van der Waals surface area contributed by atoms with Crippen molar-refractivity contribution in [1.29, 1.82) is 0 Å². The summed E-state index contributed by atoms with van der Waals surface area (Å²) in [6.45, 7) is 10.2. The molecule has 2 heterocycles. The summed E-state index contributed by atoms with van der Waals surface area (Å²) in [5, 5.41) is 2.46. The number of benzene rings is 1. The van der Waals surface area contributed by atoms with Crippen molar-refractivity contribution in [1.82, 2.24) is 19.7 Å². The van der Waals surface area contributed by atoms with Gasteiger partial charge in [-0.25, -0.2) is 19.0 Å². The Kier molecular flexibility index (Phi) is 5.32. The number of amides is 1. The molecule has 1 atom stereocenters. The summed E-state index contributed by atoms with van der Waals surface area (Å²) < 4.78 is 12.0. The molecule has 30 heavy (non-hydrogen) atoms. The van der Waals surface area contributed by atoms with Gasteiger partial charge in [-0.15, -0.1) is 0 Å². The quantitative estimate of drug-likeness (QED) is 0.637. The van der Waals surface area contributed by atoms with Crippen molar-refractivity contribution in [3.8, 4) is 0 Å². The third kappa shape index (κ3) is 4.61. The Hall–Kier alpha value is -3.36. The number of fused-ring (bicyclic) bond motifs is 3. The maximum Gasteiger partial charge on any atom is 0.408 e. The molecule has 3 rings (SSSR count). The second-order valence-corrected chi connectivity index (χ2v) is 8.93. The number of nitrogens with zero attached hydrogens (tertiary/aromatic N) is 2. The van der Waals surface area contributed by atoms with Crippen molar-refractivity contribution in [2.24, 2.45) is 0 Å². The lowest BCUT2D eigenvalue weighted by molar-refractivity contribution is -0.157. The van der Waals surface area contributed by atoms with Crippen molar-refractivity contribution in [3.63, 3.8) is 0 Å². The topological polar surface area (TPSA) is 115 Å². The van der Waals surface area contributed by atoms with E-state index in [2.05, 4.69) is 15.3 Å². The Balaban J connectivity index is 2.10. The molecule has 0 radical (unpaired) electrons. The van der Waals surface area contributed by atoms with Gasteiger partial charge in [0.25, 0.3) is 5.56 Å². The van der Waals surface area contributed by atoms with Crippen LogP contribution in [0.15, 0.2) is 35.3 Å². The number of nitrogens with one attached hydrogen (secondary N) is 2. The molecule has 9 nitrogen and oxygen atoms in total. The highest BCUT2D eigenvalue weighted by Gasteiger charge is 2.32. The highest BCUT2D eigenvalue weighted by atomic mass is 16.6. The van der Waals surface area contributed by atoms with Crippen LogP contribution in [0.1, 0.15) is 53.1 Å². The molecule has 3 aromatic rings. The van der Waals surface area contributed by atoms with Crippen molar-refractivity contribution >= 4 is 28.9 Å². The predicted octanol–water partition coefficient (Wildman–Crippen LogP) is 3.08. The van der Waals surface area contributed by atoms with Gasteiger partial charge in [0.05, 0.1) is 16.6 Å². The van der Waals surface area contributed by atoms with Crippen LogP contribution < -0.4 is 10.9 Å². The van der Waals surface area contributed by atoms with E-state index in [-0.39, 0.29) is 5.56 Å². The van der Waals surface area contributed by atoms with Crippen LogP contribution in [0.2, 0.25) is 0 Å². The summed E-state index contributed by atoms with van der Waals surface area (Å²) in [4.78, 5) is 45.8. The molecule has 0 aliphatic rings. The van der Waals surface area contributed by atoms with Crippen molar-refractivity contribution in [3.05, 3.63) is 46.4 Å². The molecule has 0 spiro atoms. The lowest BCUT2D eigenvalue weighted by Gasteiger charge is -2.26. The maximum absolute atomic E-state index is 13.3. The minimum Gasteiger partial charge on any atom is -0.458 e. The molecule has 160 valence electrons. The first-order valence-corrected chi connectivity index (χ1v) is 9.56. The first-order chi connectivity index (χ1) is 13.9. The van der Waals surface area contributed by atoms with E-state index in [1.54, 1.807) is 53.7 Å². The van der Waals surface area contributed by atoms with Crippen molar-refractivity contribution in [2.75, 3.05) is 0 Å². The Labute approximate surface area is 173 Å². The van der Waals surface area contributed by atoms with Crippen LogP contribution in [-0.2, 0) is 14.3 Å². The highest BCUT2D eigenvalue weighted by Crippen LogP contribution is 2.19. The monoisotopic (exact) mass is 414 g/mol. The van der Waals surface area contributed by atoms with Crippen LogP contribution in [0.25, 0.3) is 16.8 Å². The van der Waals surface area contributed by atoms with E-state index >= 15 is 0 Å². The van der Waals surface area contributed by atoms with Crippen LogP contribution in [0.3, 0.4) is 0 Å². The number of aromatic amines is 1. The SMILES string of the molecule is CC(C)(C)OC(=O)NC(C(=O)OC(C)(C)C)c1cnc2[nH]c3ccccc3n2c1=O. The number of carbonyl (C=O) groups excluding carboxylic acids is 2. The molecule has 1 unspecified atom stereocenters. The zero-order chi connectivity index (χ0) is 22.3. The van der Waals surface area contributed by atoms with E-state index in [4.69, 9.17) is 9.47 Å². The molecule has 0 aliphatic heterocycles. The molecule has 0 saturated heterocycles. The van der Waals surface area contributed by atoms with Gasteiger partial charge < -0.3 is 19.8 Å². The zero-order valence-corrected chi connectivity index (χ0v) is 17.9. The Morgan fingerprint density at radius 3 is 2.33 bits per heavy atom. The molecule has 0 fully saturated rings. The van der Waals surface area contributed by atoms with Crippen LogP contribution >= 0.6 is 0 Å². The largest absolute Gasteiger partial charge is 0.458 e. The molecule has 1 amide bonds. The van der Waals surface area contributed by atoms with Crippen LogP contribution in [0, 0.1) is 0 Å². The number of imidazole rings is 1. The number of aromatic nitrogens is 3. The molecule has 1 aromatic carbocycles. The molecule has 0 saturated carbocycles. The van der Waals surface area contributed by atoms with Crippen molar-refractivity contribution < 1.29 is 19.1 Å². The Morgan fingerprint density at radius 1 is 1.07 bits per heavy atom. The standard InChI is InChI=1S/C21H26N4O5/c1-20(2,3)29-17(27)15(24-19(28)30-21(4,5)6)12-11-22-18-23-13-9-7-8-10-14(13)25(18)16(12)26/h7-11,15H,1-6H3,(H,22,23)(H,24,28). The number of ether oxygens (including phenoxy) is 2. The number of hydrogen-bond acceptors (Lipinski definition) is 6. The lowest BCUT2D eigenvalue weighted by Crippen LogP contribution is -2.43. The Bertz CT molecular complexity index is 1160. The summed E-state index contributed by atoms with van der Waals surface area (Å²) in [5.74, 6) is -0.461. The van der Waals surface area contributed by atoms with Crippen molar-refractivity contribution in [2.45, 2.75) is 58.8 Å². The van der Waals surface area contributed by atoms with E-state index in [0.29, 0.717) is 16.8 Å². The fourth-order valence-corrected chi connectivity index (χ4v) is 2.92. The first-order valence-electron chi connectivity index (χ1n) is 9.56. The van der Waals surface area contributed by atoms with Gasteiger partial charge in [0.15, 0.2) is 6.04 Å². The number of esters is 1. The third-order valence-electron chi connectivity index (χ3n) is 3.99. The van der Waals surface area contributed by atoms with Crippen LogP contribution in [0.5, 0.6) is 0 Å². The fraction of sp³-hybridized carbons (Fsp3) is 0.429. The first kappa shape index (κ1) is 21.4. The molecule has 2 N–H and O–H groups in total. The smallest absolute Gasteiger partial charge is 0.408 e. The van der Waals surface area contributed by atoms with Gasteiger partial charge in [-0.2, -0.15) is 0 Å². The highest BCUT2D eigenvalue weighted by molar-refractivity contribution is 5.84. The summed E-state index contributed by atoms with van der Waals surface area (Å²) >= 11 is 0. The second-order valence-electron chi connectivity index (χ2n) is 8.93. The lowest BCUT2D eigenvalue weighted by atomic mass is 10.1. The molecule has 9 heteroatoms. The minimum absolute atomic E-state index is 0.0302. The molecular weight excluding hydrogens is 388 g/mol. The van der Waals surface area contributed by atoms with Gasteiger partial charge in [0.2, 0.25) is 5.78 Å². The minimum atomic E-state index is -1.38. The fourth-order valence-electron chi connectivity index (χ4n) is 2.92. The summed E-state index contributed by atoms with van der Waals surface area (Å²) in [5.41, 5.74) is -0.808. The second kappa shape index (κ2) is 7.47. The normalized spacial score (nSPS) is 13.3. The zero-order valence-electron chi connectivity index (χ0n) is 17.9. The molecule has 0 bridgehead atoms. The third-order valence-corrected chi connectivity index (χ3v) is 3.99. The average Bonchev–Trinajstić information content (AvgIpc) is 2.96. The number of H-pyrrole nitrogens is 1. The van der Waals surface area contributed by atoms with E-state index < -0.39 is 34.9 Å². The summed E-state index contributed by atoms with van der Waals surface area (Å²) in [6.07, 6.45) is 0.417. The Morgan fingerprint density at radius 2 is 1.70 bits per heavy atom. The van der Waals surface area contributed by atoms with E-state index in [1.165, 1.54) is 10.6 Å². The maximum atomic E-state index is 13.3. The van der Waals surface area contributed by atoms with E-state index in [1.807, 2.05) is 12.1 Å². The molecule has 2 aromatic heterocycles. The predicted molar refractivity (Wildman–Crippen MR) is 111 cm³/mol. The van der Waals surface area contributed by atoms with Gasteiger partial charge in [-0.05, 0) is 53.7 Å².